The smallest absolute Gasteiger partial charge is 0.416 e. The predicted octanol–water partition coefficient (Wildman–Crippen LogP) is 8.76. The Morgan fingerprint density at radius 1 is 0.593 bits per heavy atom. The van der Waals surface area contributed by atoms with Crippen LogP contribution in [0.15, 0.2) is 126 Å². The van der Waals surface area contributed by atoms with Crippen molar-refractivity contribution in [2.45, 2.75) is 30.7 Å². The Labute approximate surface area is 305 Å². The van der Waals surface area contributed by atoms with Gasteiger partial charge >= 0.3 is 12.4 Å². The highest BCUT2D eigenvalue weighted by atomic mass is 32.2. The Hall–Kier alpha value is -6.34. The number of hydrogen-bond donors (Lipinski definition) is 0. The molecule has 0 saturated heterocycles. The van der Waals surface area contributed by atoms with Crippen LogP contribution >= 0.6 is 0 Å². The van der Waals surface area contributed by atoms with Crippen LogP contribution in [0.5, 0.6) is 11.8 Å². The third-order valence-electron chi connectivity index (χ3n) is 7.25. The minimum Gasteiger partial charge on any atom is -0.473 e. The average Bonchev–Trinajstić information content (AvgIpc) is 3.16. The molecule has 0 aliphatic heterocycles. The molecule has 0 fully saturated rings. The maximum Gasteiger partial charge on any atom is 0.416 e. The Bertz CT molecular complexity index is 2370. The molecule has 54 heavy (non-hydrogen) atoms. The van der Waals surface area contributed by atoms with Crippen LogP contribution in [0.2, 0.25) is 0 Å². The molecule has 2 aromatic heterocycles. The largest absolute Gasteiger partial charge is 0.473 e. The van der Waals surface area contributed by atoms with Crippen molar-refractivity contribution in [3.05, 3.63) is 149 Å². The molecule has 16 heteroatoms. The van der Waals surface area contributed by atoms with Gasteiger partial charge < -0.3 is 9.47 Å². The van der Waals surface area contributed by atoms with Crippen molar-refractivity contribution < 1.29 is 44.2 Å². The summed E-state index contributed by atoms with van der Waals surface area (Å²) in [6, 6.07) is 32.1. The van der Waals surface area contributed by atoms with Crippen LogP contribution < -0.4 is 9.47 Å². The molecule has 9 nitrogen and oxygen atoms in total. The summed E-state index contributed by atoms with van der Waals surface area (Å²) in [6.07, 6.45) is -8.08. The summed E-state index contributed by atoms with van der Waals surface area (Å²) in [4.78, 5) is 15.7. The van der Waals surface area contributed by atoms with E-state index in [0.717, 1.165) is 41.6 Å². The number of ether oxygens (including phenoxy) is 2. The third-order valence-corrected chi connectivity index (χ3v) is 8.09. The van der Waals surface area contributed by atoms with Gasteiger partial charge in [0.15, 0.2) is 0 Å². The highest BCUT2D eigenvalue weighted by molar-refractivity contribution is 7.90. The summed E-state index contributed by atoms with van der Waals surface area (Å²) < 4.78 is 113. The molecule has 0 N–H and O–H groups in total. The van der Waals surface area contributed by atoms with Gasteiger partial charge in [0.2, 0.25) is 27.4 Å². The molecule has 2 heterocycles. The number of sulfone groups is 1. The van der Waals surface area contributed by atoms with Gasteiger partial charge in [0, 0.05) is 29.5 Å². The fourth-order valence-corrected chi connectivity index (χ4v) is 5.18. The van der Waals surface area contributed by atoms with Gasteiger partial charge in [-0.2, -0.15) is 41.6 Å². The standard InChI is InChI=1S/C19H12F3N3O.C19H15F3N2O3S/c20-19(21,22)15-8-4-7-14(9-15)16-10-18(25-17(11-23)24-16)26-12-13-5-2-1-3-6-13;1-28(25,26)18-23-16(14-8-5-9-15(10-14)19(20,21)22)11-17(24-18)27-12-13-6-3-2-4-7-13/h1-10H,12H2;2-11H,12H2,1H3. The van der Waals surface area contributed by atoms with Crippen molar-refractivity contribution in [2.24, 2.45) is 0 Å². The molecule has 6 rings (SSSR count). The molecule has 0 atom stereocenters. The van der Waals surface area contributed by atoms with Crippen molar-refractivity contribution in [1.82, 2.24) is 19.9 Å². The first-order chi connectivity index (χ1) is 25.6. The minimum absolute atomic E-state index is 0.0181. The zero-order valence-electron chi connectivity index (χ0n) is 28.0. The highest BCUT2D eigenvalue weighted by Gasteiger charge is 2.31. The van der Waals surface area contributed by atoms with Gasteiger partial charge in [-0.25, -0.2) is 18.4 Å². The Kier molecular flexibility index (Phi) is 11.9. The van der Waals surface area contributed by atoms with Crippen LogP contribution in [0.3, 0.4) is 0 Å². The number of benzene rings is 4. The van der Waals surface area contributed by atoms with Crippen LogP contribution in [-0.2, 0) is 35.4 Å². The zero-order valence-corrected chi connectivity index (χ0v) is 28.8. The molecular weight excluding hydrogens is 737 g/mol. The quantitative estimate of drug-likeness (QED) is 0.105. The van der Waals surface area contributed by atoms with E-state index in [0.29, 0.717) is 0 Å². The fourth-order valence-electron chi connectivity index (χ4n) is 4.66. The van der Waals surface area contributed by atoms with E-state index in [1.165, 1.54) is 36.4 Å². The van der Waals surface area contributed by atoms with Crippen LogP contribution in [0.4, 0.5) is 26.3 Å². The van der Waals surface area contributed by atoms with Gasteiger partial charge in [0.1, 0.15) is 19.3 Å². The van der Waals surface area contributed by atoms with Gasteiger partial charge in [-0.3, -0.25) is 0 Å². The lowest BCUT2D eigenvalue weighted by atomic mass is 10.1. The zero-order chi connectivity index (χ0) is 38.9. The average molecular weight is 764 g/mol. The summed E-state index contributed by atoms with van der Waals surface area (Å²) >= 11 is 0. The lowest BCUT2D eigenvalue weighted by Gasteiger charge is -2.11. The van der Waals surface area contributed by atoms with Crippen LogP contribution in [-0.4, -0.2) is 34.6 Å². The van der Waals surface area contributed by atoms with Crippen molar-refractivity contribution in [3.63, 3.8) is 0 Å². The third kappa shape index (κ3) is 10.8. The number of alkyl halides is 6. The number of nitrogens with zero attached hydrogens (tertiary/aromatic N) is 5. The van der Waals surface area contributed by atoms with E-state index in [2.05, 4.69) is 19.9 Å². The van der Waals surface area contributed by atoms with Gasteiger partial charge in [0.25, 0.3) is 5.16 Å². The van der Waals surface area contributed by atoms with Crippen molar-refractivity contribution >= 4 is 9.84 Å². The van der Waals surface area contributed by atoms with Gasteiger partial charge in [-0.05, 0) is 35.4 Å². The number of rotatable bonds is 9. The number of aromatic nitrogens is 4. The second-order valence-corrected chi connectivity index (χ2v) is 13.3. The molecular formula is C38H27F6N5O4S. The van der Waals surface area contributed by atoms with Gasteiger partial charge in [-0.15, -0.1) is 0 Å². The second-order valence-electron chi connectivity index (χ2n) is 11.4. The van der Waals surface area contributed by atoms with Gasteiger partial charge in [0.05, 0.1) is 22.5 Å². The summed E-state index contributed by atoms with van der Waals surface area (Å²) in [6.45, 7) is 0.327. The molecule has 0 spiro atoms. The maximum absolute atomic E-state index is 13.0. The topological polar surface area (TPSA) is 128 Å². The van der Waals surface area contributed by atoms with E-state index < -0.39 is 38.5 Å². The molecule has 6 aromatic rings. The van der Waals surface area contributed by atoms with Gasteiger partial charge in [-0.1, -0.05) is 84.9 Å². The first-order valence-corrected chi connectivity index (χ1v) is 17.5. The minimum atomic E-state index is -4.53. The van der Waals surface area contributed by atoms with E-state index in [1.807, 2.05) is 60.7 Å². The van der Waals surface area contributed by atoms with E-state index in [9.17, 15) is 34.8 Å². The van der Waals surface area contributed by atoms with E-state index in [-0.39, 0.29) is 53.3 Å². The first kappa shape index (κ1) is 38.9. The van der Waals surface area contributed by atoms with Crippen LogP contribution in [0.25, 0.3) is 22.5 Å². The number of halogens is 6. The van der Waals surface area contributed by atoms with Crippen LogP contribution in [0.1, 0.15) is 28.1 Å². The van der Waals surface area contributed by atoms with Crippen molar-refractivity contribution in [2.75, 3.05) is 6.26 Å². The molecule has 0 aliphatic rings. The van der Waals surface area contributed by atoms with Crippen LogP contribution in [0, 0.1) is 11.3 Å². The SMILES string of the molecule is CS(=O)(=O)c1nc(OCc2ccccc2)cc(-c2cccc(C(F)(F)F)c2)n1.N#Cc1nc(OCc2ccccc2)cc(-c2cccc(C(F)(F)F)c2)n1. The first-order valence-electron chi connectivity index (χ1n) is 15.7. The predicted molar refractivity (Wildman–Crippen MR) is 184 cm³/mol. The highest BCUT2D eigenvalue weighted by Crippen LogP contribution is 2.34. The molecule has 0 aliphatic carbocycles. The van der Waals surface area contributed by atoms with E-state index in [4.69, 9.17) is 14.7 Å². The Morgan fingerprint density at radius 3 is 1.46 bits per heavy atom. The summed E-state index contributed by atoms with van der Waals surface area (Å²) in [5.41, 5.74) is 0.591. The lowest BCUT2D eigenvalue weighted by molar-refractivity contribution is -0.138. The number of hydrogen-bond acceptors (Lipinski definition) is 9. The summed E-state index contributed by atoms with van der Waals surface area (Å²) in [5.74, 6) is -0.109. The van der Waals surface area contributed by atoms with Crippen molar-refractivity contribution in [3.8, 4) is 40.3 Å². The molecule has 4 aromatic carbocycles. The molecule has 276 valence electrons. The molecule has 0 bridgehead atoms. The summed E-state index contributed by atoms with van der Waals surface area (Å²) in [5, 5.41) is 8.57. The van der Waals surface area contributed by atoms with E-state index >= 15 is 0 Å². The fraction of sp³-hybridized carbons (Fsp3) is 0.132. The monoisotopic (exact) mass is 763 g/mol. The maximum atomic E-state index is 13.0. The normalized spacial score (nSPS) is 11.5. The summed E-state index contributed by atoms with van der Waals surface area (Å²) in [7, 11) is -3.80. The molecule has 0 saturated carbocycles. The van der Waals surface area contributed by atoms with Crippen molar-refractivity contribution in [1.29, 1.82) is 5.26 Å². The Balaban J connectivity index is 0.000000208. The van der Waals surface area contributed by atoms with E-state index in [1.54, 1.807) is 6.07 Å². The number of nitriles is 1. The second kappa shape index (κ2) is 16.6. The molecule has 0 radical (unpaired) electrons. The Morgan fingerprint density at radius 2 is 1.04 bits per heavy atom. The lowest BCUT2D eigenvalue weighted by Crippen LogP contribution is -2.08. The molecule has 0 unspecified atom stereocenters. The molecule has 0 amide bonds.